The van der Waals surface area contributed by atoms with Crippen LogP contribution in [0.3, 0.4) is 0 Å². The average Bonchev–Trinajstić information content (AvgIpc) is 2.89. The van der Waals surface area contributed by atoms with Gasteiger partial charge in [-0.25, -0.2) is 4.98 Å². The second-order valence-corrected chi connectivity index (χ2v) is 6.54. The van der Waals surface area contributed by atoms with E-state index in [0.29, 0.717) is 12.3 Å². The Kier molecular flexibility index (Phi) is 7.49. The molecule has 0 unspecified atom stereocenters. The number of carbonyl (C=O) groups is 1. The fraction of sp³-hybridized carbons (Fsp3) is 0.692. The van der Waals surface area contributed by atoms with Gasteiger partial charge in [-0.3, -0.25) is 4.79 Å². The van der Waals surface area contributed by atoms with Crippen LogP contribution in [0.5, 0.6) is 0 Å². The summed E-state index contributed by atoms with van der Waals surface area (Å²) in [4.78, 5) is 17.6. The topological polar surface area (TPSA) is 45.2 Å². The minimum Gasteiger partial charge on any atom is -0.329 e. The van der Waals surface area contributed by atoms with E-state index in [0.717, 1.165) is 46.4 Å². The van der Waals surface area contributed by atoms with Crippen LogP contribution in [0.15, 0.2) is 0 Å². The van der Waals surface area contributed by atoms with E-state index in [2.05, 4.69) is 10.3 Å². The molecule has 0 spiro atoms. The molecule has 1 aromatic rings. The number of nitrogens with zero attached hydrogens (tertiary/aromatic N) is 2. The standard InChI is InChI=1S/C13H16F3N3OS.2BrH/c14-13(15,16)12(20)19-6-3-9-10(7-19)21-11(18-9)8-1-4-17-5-2-8;;/h8,17H,1-7H2;2*1H. The highest BCUT2D eigenvalue weighted by Crippen LogP contribution is 2.34. The normalized spacial score (nSPS) is 18.7. The van der Waals surface area contributed by atoms with Crippen molar-refractivity contribution in [2.45, 2.75) is 37.9 Å². The van der Waals surface area contributed by atoms with E-state index < -0.39 is 12.1 Å². The molecule has 1 saturated heterocycles. The third-order valence-corrected chi connectivity index (χ3v) is 5.21. The van der Waals surface area contributed by atoms with Crippen molar-refractivity contribution in [1.29, 1.82) is 0 Å². The van der Waals surface area contributed by atoms with E-state index in [1.54, 1.807) is 0 Å². The molecule has 2 aliphatic heterocycles. The molecule has 0 aliphatic carbocycles. The minimum absolute atomic E-state index is 0. The third kappa shape index (κ3) is 4.67. The molecule has 4 nitrogen and oxygen atoms in total. The maximum atomic E-state index is 12.5. The van der Waals surface area contributed by atoms with Crippen molar-refractivity contribution < 1.29 is 18.0 Å². The van der Waals surface area contributed by atoms with Gasteiger partial charge in [-0.15, -0.1) is 45.3 Å². The molecule has 0 aromatic carbocycles. The fourth-order valence-corrected chi connectivity index (χ4v) is 4.11. The number of fused-ring (bicyclic) bond motifs is 1. The van der Waals surface area contributed by atoms with E-state index in [-0.39, 0.29) is 47.1 Å². The van der Waals surface area contributed by atoms with Crippen molar-refractivity contribution in [1.82, 2.24) is 15.2 Å². The van der Waals surface area contributed by atoms with Crippen LogP contribution >= 0.6 is 45.3 Å². The van der Waals surface area contributed by atoms with E-state index in [1.165, 1.54) is 11.3 Å². The number of alkyl halides is 3. The molecule has 1 fully saturated rings. The Morgan fingerprint density at radius 2 is 1.91 bits per heavy atom. The lowest BCUT2D eigenvalue weighted by Crippen LogP contribution is -2.43. The Bertz CT molecular complexity index is 547. The molecule has 1 N–H and O–H groups in total. The SMILES string of the molecule is Br.Br.O=C(N1CCc2nc(C3CCNCC3)sc2C1)C(F)(F)F. The highest BCUT2D eigenvalue weighted by molar-refractivity contribution is 8.93. The second kappa shape index (κ2) is 8.26. The molecule has 0 atom stereocenters. The molecule has 2 aliphatic rings. The van der Waals surface area contributed by atoms with Gasteiger partial charge in [0.05, 0.1) is 17.2 Å². The Morgan fingerprint density at radius 3 is 2.52 bits per heavy atom. The summed E-state index contributed by atoms with van der Waals surface area (Å²) in [6.45, 7) is 2.04. The van der Waals surface area contributed by atoms with Gasteiger partial charge in [0.25, 0.3) is 0 Å². The highest BCUT2D eigenvalue weighted by atomic mass is 79.9. The number of thiazole rings is 1. The quantitative estimate of drug-likeness (QED) is 0.671. The largest absolute Gasteiger partial charge is 0.471 e. The maximum absolute atomic E-state index is 12.5. The fourth-order valence-electron chi connectivity index (χ4n) is 2.81. The average molecular weight is 481 g/mol. The highest BCUT2D eigenvalue weighted by Gasteiger charge is 2.43. The van der Waals surface area contributed by atoms with Crippen LogP contribution < -0.4 is 5.32 Å². The van der Waals surface area contributed by atoms with Gasteiger partial charge in [-0.1, -0.05) is 0 Å². The molecule has 3 heterocycles. The number of carbonyl (C=O) groups excluding carboxylic acids is 1. The summed E-state index contributed by atoms with van der Waals surface area (Å²) < 4.78 is 37.5. The molecule has 132 valence electrons. The van der Waals surface area contributed by atoms with Crippen molar-refractivity contribution >= 4 is 51.2 Å². The zero-order valence-electron chi connectivity index (χ0n) is 12.2. The smallest absolute Gasteiger partial charge is 0.329 e. The van der Waals surface area contributed by atoms with Crippen molar-refractivity contribution in [3.05, 3.63) is 15.6 Å². The van der Waals surface area contributed by atoms with Gasteiger partial charge in [0.15, 0.2) is 0 Å². The number of nitrogens with one attached hydrogen (secondary N) is 1. The first-order chi connectivity index (χ1) is 9.95. The summed E-state index contributed by atoms with van der Waals surface area (Å²) >= 11 is 1.47. The Labute approximate surface area is 157 Å². The number of rotatable bonds is 1. The monoisotopic (exact) mass is 479 g/mol. The number of hydrogen-bond acceptors (Lipinski definition) is 4. The zero-order chi connectivity index (χ0) is 15.0. The van der Waals surface area contributed by atoms with Gasteiger partial charge in [0, 0.05) is 23.8 Å². The van der Waals surface area contributed by atoms with Crippen LogP contribution in [0, 0.1) is 0 Å². The summed E-state index contributed by atoms with van der Waals surface area (Å²) in [7, 11) is 0. The first kappa shape index (κ1) is 20.9. The molecule has 0 saturated carbocycles. The lowest BCUT2D eigenvalue weighted by atomic mass is 9.99. The third-order valence-electron chi connectivity index (χ3n) is 3.97. The summed E-state index contributed by atoms with van der Waals surface area (Å²) in [6.07, 6.45) is -2.35. The lowest BCUT2D eigenvalue weighted by molar-refractivity contribution is -0.186. The van der Waals surface area contributed by atoms with Gasteiger partial charge < -0.3 is 10.2 Å². The molecule has 0 radical (unpaired) electrons. The van der Waals surface area contributed by atoms with E-state index in [9.17, 15) is 18.0 Å². The number of amides is 1. The summed E-state index contributed by atoms with van der Waals surface area (Å²) in [5.74, 6) is -1.35. The van der Waals surface area contributed by atoms with Crippen LogP contribution in [-0.2, 0) is 17.8 Å². The molecule has 3 rings (SSSR count). The molecular weight excluding hydrogens is 463 g/mol. The first-order valence-corrected chi connectivity index (χ1v) is 7.82. The van der Waals surface area contributed by atoms with Crippen LogP contribution in [-0.4, -0.2) is 41.6 Å². The molecule has 1 aromatic heterocycles. The first-order valence-electron chi connectivity index (χ1n) is 7.00. The Balaban J connectivity index is 0.00000132. The molecule has 23 heavy (non-hydrogen) atoms. The molecule has 1 amide bonds. The predicted octanol–water partition coefficient (Wildman–Crippen LogP) is 3.21. The summed E-state index contributed by atoms with van der Waals surface area (Å²) in [6, 6.07) is 0. The van der Waals surface area contributed by atoms with Crippen molar-refractivity contribution in [3.8, 4) is 0 Å². The van der Waals surface area contributed by atoms with Gasteiger partial charge in [-0.05, 0) is 25.9 Å². The number of hydrogen-bond donors (Lipinski definition) is 1. The molecule has 0 bridgehead atoms. The van der Waals surface area contributed by atoms with Gasteiger partial charge in [0.2, 0.25) is 0 Å². The van der Waals surface area contributed by atoms with E-state index >= 15 is 0 Å². The van der Waals surface area contributed by atoms with E-state index in [1.807, 2.05) is 0 Å². The number of aromatic nitrogens is 1. The van der Waals surface area contributed by atoms with Gasteiger partial charge >= 0.3 is 12.1 Å². The van der Waals surface area contributed by atoms with Gasteiger partial charge in [0.1, 0.15) is 0 Å². The van der Waals surface area contributed by atoms with Crippen LogP contribution in [0.2, 0.25) is 0 Å². The van der Waals surface area contributed by atoms with Crippen molar-refractivity contribution in [2.24, 2.45) is 0 Å². The maximum Gasteiger partial charge on any atom is 0.471 e. The van der Waals surface area contributed by atoms with Crippen LogP contribution in [0.4, 0.5) is 13.2 Å². The van der Waals surface area contributed by atoms with E-state index in [4.69, 9.17) is 0 Å². The van der Waals surface area contributed by atoms with Gasteiger partial charge in [-0.2, -0.15) is 13.2 Å². The van der Waals surface area contributed by atoms with Crippen molar-refractivity contribution in [2.75, 3.05) is 19.6 Å². The number of piperidine rings is 1. The Morgan fingerprint density at radius 1 is 1.26 bits per heavy atom. The zero-order valence-corrected chi connectivity index (χ0v) is 16.4. The van der Waals surface area contributed by atoms with Crippen molar-refractivity contribution in [3.63, 3.8) is 0 Å². The summed E-state index contributed by atoms with van der Waals surface area (Å²) in [5.41, 5.74) is 0.875. The lowest BCUT2D eigenvalue weighted by Gasteiger charge is -2.26. The number of halogens is 5. The minimum atomic E-state index is -4.79. The molecule has 10 heteroatoms. The van der Waals surface area contributed by atoms with Crippen LogP contribution in [0.25, 0.3) is 0 Å². The summed E-state index contributed by atoms with van der Waals surface area (Å²) in [5, 5.41) is 4.30. The second-order valence-electron chi connectivity index (χ2n) is 5.42. The predicted molar refractivity (Wildman–Crippen MR) is 92.8 cm³/mol. The van der Waals surface area contributed by atoms with Crippen LogP contribution in [0.1, 0.15) is 34.3 Å². The Hall–Kier alpha value is -0.190. The molecular formula is C13H18Br2F3N3OS.